The van der Waals surface area contributed by atoms with Gasteiger partial charge in [0, 0.05) is 64.2 Å². The third-order valence-corrected chi connectivity index (χ3v) is 15.1. The monoisotopic (exact) mass is 1610 g/mol. The number of alkyl halides is 16. The van der Waals surface area contributed by atoms with Gasteiger partial charge in [-0.25, -0.2) is 80.6 Å². The third-order valence-electron chi connectivity index (χ3n) is 13.5. The number of unbranched alkanes of at least 4 members (excludes halogenated alkanes) is 2. The summed E-state index contributed by atoms with van der Waals surface area (Å²) in [6.45, 7) is 16.4. The minimum absolute atomic E-state index is 0. The molecule has 7 aliphatic rings. The number of ether oxygens (including phenoxy) is 5. The van der Waals surface area contributed by atoms with E-state index in [1.807, 2.05) is 27.7 Å². The molecule has 602 valence electrons. The molecule has 41 heteroatoms. The number of carbonyl (C=O) groups excluding carboxylic acids is 5. The van der Waals surface area contributed by atoms with E-state index in [4.69, 9.17) is 34.6 Å². The SMILES string of the molecule is C.C.C=CC(=O)OCCCC.CCCCOC(=O)C1CC1(F)F.CCOCC.C[Si](C)(C)OC(=O)C(F)(F)S(=O)(=O)F.O=C(O)C1CC1(F)F.O=C(OC[C@@H]1CC1(F)F)c1ccccc1.O=C(OC[C@H]1CC1(F)F)c1ccccc1.OCC1CC1(F)F.OC[C@@H]1CC1(F)F.OC[C@H]1CC1(F)F.[AlH3].[F-].[H-].[Li+].[Na+]. The van der Waals surface area contributed by atoms with Crippen molar-refractivity contribution in [3.8, 4) is 0 Å². The zero-order chi connectivity index (χ0) is 76.8. The Kier molecular flexibility index (Phi) is 55.9. The van der Waals surface area contributed by atoms with Crippen molar-refractivity contribution < 1.29 is 214 Å². The number of carboxylic acid groups (broad SMARTS) is 1. The standard InChI is InChI=1S/2C11H10F2O2.C8H12F2O2.C7H12O2.C5H9F3O4SSi.C4H4F2O2.3C4H6F2O.C4H10O.2CH4.Al.FH.Li.Na.4H/c2*12-11(13)6-9(11)7-15-10(14)8-4-2-1-3-5-8;1-2-3-4-12-7(11)6-5-8(6,9)10;1-3-5-6-9-7(8)4-2;1-14(2,3)12-4(9)5(6,7)13(8,10)11;5-4(6)1-2(4)3(7)8;3*5-4(6)1-3(4)2-7;1-3-5-4-2;;;;;;;;;;/h2*1-5,9H,6-7H2;6H,2-5H2,1H3;4H,2-3,5-6H2,1H3;1-3H3;2H,1H2,(H,7,8);3*3,7H,1-2H2;3-4H2,1-2H3;2*1H4;;1H;;;;;;/q;;;;;;;;;;;;;;2*+1;;;;-1/p-1/t2*9-;;;;;2*3-;;;;;;;;;;;;/m10....10............/s1. The Morgan fingerprint density at radius 1 is 0.552 bits per heavy atom. The van der Waals surface area contributed by atoms with E-state index in [0.717, 1.165) is 38.9 Å². The number of rotatable bonds is 23. The van der Waals surface area contributed by atoms with Crippen LogP contribution in [0, 0.1) is 41.4 Å². The number of carboxylic acids is 1. The van der Waals surface area contributed by atoms with E-state index < -0.39 is 143 Å². The van der Waals surface area contributed by atoms with Crippen LogP contribution in [0.1, 0.15) is 135 Å². The van der Waals surface area contributed by atoms with Gasteiger partial charge in [0.15, 0.2) is 17.4 Å². The molecule has 0 aliphatic heterocycles. The van der Waals surface area contributed by atoms with Crippen LogP contribution in [0.15, 0.2) is 73.3 Å². The molecule has 4 N–H and O–H groups in total. The van der Waals surface area contributed by atoms with Crippen LogP contribution >= 0.6 is 0 Å². The zero-order valence-corrected chi connectivity index (χ0v) is 61.3. The van der Waals surface area contributed by atoms with Crippen molar-refractivity contribution in [2.75, 3.05) is 59.5 Å². The average molecular weight is 1610 g/mol. The molecule has 0 aromatic heterocycles. The predicted octanol–water partition coefficient (Wildman–Crippen LogP) is 4.64. The van der Waals surface area contributed by atoms with Gasteiger partial charge in [0.2, 0.25) is 8.32 Å². The van der Waals surface area contributed by atoms with Crippen molar-refractivity contribution in [2.45, 2.75) is 180 Å². The molecule has 7 fully saturated rings. The van der Waals surface area contributed by atoms with Gasteiger partial charge in [-0.1, -0.05) is 88.4 Å². The molecule has 3 unspecified atom stereocenters. The molecular formula is C64H97AlF18LiNaO18SSi. The summed E-state index contributed by atoms with van der Waals surface area (Å²) in [7, 11) is -8.93. The zero-order valence-electron chi connectivity index (χ0n) is 58.5. The van der Waals surface area contributed by atoms with E-state index in [0.29, 0.717) is 17.7 Å². The molecule has 105 heavy (non-hydrogen) atoms. The average Bonchev–Trinajstić information content (AvgIpc) is 1.73. The summed E-state index contributed by atoms with van der Waals surface area (Å²) >= 11 is 0. The van der Waals surface area contributed by atoms with Crippen LogP contribution < -0.4 is 53.1 Å². The summed E-state index contributed by atoms with van der Waals surface area (Å²) in [5.41, 5.74) is 0.780. The van der Waals surface area contributed by atoms with Crippen LogP contribution in [0.4, 0.5) is 74.1 Å². The number of esters is 4. The van der Waals surface area contributed by atoms with Crippen molar-refractivity contribution >= 4 is 71.7 Å². The van der Waals surface area contributed by atoms with Crippen molar-refractivity contribution in [1.82, 2.24) is 0 Å². The molecule has 7 aliphatic carbocycles. The van der Waals surface area contributed by atoms with Gasteiger partial charge in [0.25, 0.3) is 41.5 Å². The molecule has 0 spiro atoms. The Labute approximate surface area is 647 Å². The van der Waals surface area contributed by atoms with Crippen LogP contribution in [0.2, 0.25) is 19.6 Å². The van der Waals surface area contributed by atoms with Crippen LogP contribution in [0.3, 0.4) is 0 Å². The van der Waals surface area contributed by atoms with Gasteiger partial charge in [-0.05, 0) is 70.6 Å². The number of halogens is 18. The van der Waals surface area contributed by atoms with Gasteiger partial charge < -0.3 is 54.7 Å². The van der Waals surface area contributed by atoms with E-state index in [2.05, 4.69) is 20.5 Å². The van der Waals surface area contributed by atoms with Crippen molar-refractivity contribution in [1.29, 1.82) is 0 Å². The topological polar surface area (TPSA) is 273 Å². The van der Waals surface area contributed by atoms with Gasteiger partial charge in [-0.3, -0.25) is 9.59 Å². The first-order valence-electron chi connectivity index (χ1n) is 30.6. The Morgan fingerprint density at radius 2 is 0.838 bits per heavy atom. The quantitative estimate of drug-likeness (QED) is 0.0224. The van der Waals surface area contributed by atoms with Gasteiger partial charge in [-0.2, -0.15) is 17.2 Å². The number of aliphatic hydroxyl groups excluding tert-OH is 3. The van der Waals surface area contributed by atoms with Crippen molar-refractivity contribution in [2.24, 2.45) is 41.4 Å². The second-order valence-electron chi connectivity index (χ2n) is 23.6. The minimum atomic E-state index is -6.26. The molecule has 9 rings (SSSR count). The maximum absolute atomic E-state index is 12.5. The van der Waals surface area contributed by atoms with E-state index in [-0.39, 0.29) is 171 Å². The summed E-state index contributed by atoms with van der Waals surface area (Å²) in [5, 5.41) is 27.0. The minimum Gasteiger partial charge on any atom is -1.00 e. The molecule has 0 amide bonds. The summed E-state index contributed by atoms with van der Waals surface area (Å²) in [4.78, 5) is 64.0. The fourth-order valence-corrected chi connectivity index (χ4v) is 7.36. The first-order valence-corrected chi connectivity index (χ1v) is 35.4. The summed E-state index contributed by atoms with van der Waals surface area (Å²) in [6.07, 6.45) is 3.26. The molecule has 0 saturated heterocycles. The second kappa shape index (κ2) is 51.4. The fraction of sp³-hybridized carbons (Fsp3) is 0.688. The number of hydrogen-bond donors (Lipinski definition) is 4. The molecule has 0 radical (unpaired) electrons. The molecule has 0 heterocycles. The first kappa shape index (κ1) is 114. The molecule has 0 bridgehead atoms. The molecule has 2 aromatic carbocycles. The Bertz CT molecular complexity index is 2820. The van der Waals surface area contributed by atoms with E-state index in [1.165, 1.54) is 25.7 Å². The van der Waals surface area contributed by atoms with Crippen LogP contribution in [-0.2, 0) is 57.5 Å². The van der Waals surface area contributed by atoms with Gasteiger partial charge in [0.1, 0.15) is 25.0 Å². The fourth-order valence-electron chi connectivity index (χ4n) is 6.36. The number of aliphatic hydroxyl groups is 3. The smallest absolute Gasteiger partial charge is 1.00 e. The summed E-state index contributed by atoms with van der Waals surface area (Å²) in [6, 6.07) is 16.7. The number of aliphatic carboxylic acids is 1. The van der Waals surface area contributed by atoms with E-state index >= 15 is 0 Å². The largest absolute Gasteiger partial charge is 1.00 e. The van der Waals surface area contributed by atoms with Crippen molar-refractivity contribution in [3.63, 3.8) is 0 Å². The van der Waals surface area contributed by atoms with Crippen LogP contribution in [0.25, 0.3) is 0 Å². The third kappa shape index (κ3) is 48.2. The van der Waals surface area contributed by atoms with Gasteiger partial charge >= 0.3 is 99.7 Å². The number of hydrogen-bond acceptors (Lipinski definition) is 17. The van der Waals surface area contributed by atoms with Crippen LogP contribution in [0.5, 0.6) is 0 Å². The summed E-state index contributed by atoms with van der Waals surface area (Å²) < 4.78 is 252. The van der Waals surface area contributed by atoms with Crippen molar-refractivity contribution in [3.05, 3.63) is 84.4 Å². The molecule has 2 aromatic rings. The maximum Gasteiger partial charge on any atom is 1.00 e. The Balaban J connectivity index is -0.000000169. The van der Waals surface area contributed by atoms with E-state index in [9.17, 15) is 111 Å². The molecule has 7 atom stereocenters. The first-order chi connectivity index (χ1) is 45.4. The van der Waals surface area contributed by atoms with Crippen LogP contribution in [-0.4, -0.2) is 197 Å². The predicted molar refractivity (Wildman–Crippen MR) is 347 cm³/mol. The Morgan fingerprint density at radius 3 is 1.02 bits per heavy atom. The summed E-state index contributed by atoms with van der Waals surface area (Å²) in [5.74, 6) is -30.8. The Hall–Kier alpha value is -4.12. The second-order valence-corrected chi connectivity index (χ2v) is 29.5. The number of carbonyl (C=O) groups is 6. The molecule has 18 nitrogen and oxygen atoms in total. The molecular weight excluding hydrogens is 1520 g/mol. The molecule has 7 saturated carbocycles. The van der Waals surface area contributed by atoms with E-state index in [1.54, 1.807) is 60.7 Å². The van der Waals surface area contributed by atoms with Gasteiger partial charge in [0.05, 0.1) is 73.8 Å². The normalized spacial score (nSPS) is 21.7. The maximum atomic E-state index is 12.5. The van der Waals surface area contributed by atoms with Gasteiger partial charge in [-0.15, -0.1) is 0 Å². The number of benzene rings is 2.